The van der Waals surface area contributed by atoms with Gasteiger partial charge in [0.2, 0.25) is 0 Å². The molecule has 2 rings (SSSR count). The minimum atomic E-state index is -3.40. The number of rotatable bonds is 3. The predicted octanol–water partition coefficient (Wildman–Crippen LogP) is 4.12. The minimum absolute atomic E-state index is 0.128. The molecule has 0 atom stereocenters. The highest BCUT2D eigenvalue weighted by atomic mass is 79.9. The van der Waals surface area contributed by atoms with E-state index in [1.165, 1.54) is 28.1 Å². The van der Waals surface area contributed by atoms with Crippen LogP contribution in [0.25, 0.3) is 0 Å². The van der Waals surface area contributed by atoms with Crippen molar-refractivity contribution in [2.45, 2.75) is 42.4 Å². The number of halogens is 2. The van der Waals surface area contributed by atoms with E-state index in [4.69, 9.17) is 11.6 Å². The molecule has 0 radical (unpaired) electrons. The van der Waals surface area contributed by atoms with E-state index in [0.717, 1.165) is 25.7 Å². The van der Waals surface area contributed by atoms with Gasteiger partial charge >= 0.3 is 0 Å². The Labute approximate surface area is 125 Å². The lowest BCUT2D eigenvalue weighted by molar-refractivity contribution is 0.286. The molecule has 0 unspecified atom stereocenters. The summed E-state index contributed by atoms with van der Waals surface area (Å²) in [4.78, 5) is 0. The topological polar surface area (TPSA) is 37.4 Å². The quantitative estimate of drug-likeness (QED) is 0.800. The molecule has 0 saturated heterocycles. The average molecular weight is 373 g/mol. The lowest BCUT2D eigenvalue weighted by atomic mass is 9.96. The normalized spacial score (nSPS) is 18.4. The van der Waals surface area contributed by atoms with Crippen LogP contribution in [0.4, 0.5) is 0 Å². The van der Waals surface area contributed by atoms with Crippen LogP contribution in [0.2, 0.25) is 5.02 Å². The van der Waals surface area contributed by atoms with Crippen LogP contribution in [0.1, 0.15) is 32.1 Å². The van der Waals surface area contributed by atoms with Crippen LogP contribution in [0.3, 0.4) is 0 Å². The number of hydrogen-bond donors (Lipinski definition) is 0. The maximum atomic E-state index is 12.5. The summed E-state index contributed by atoms with van der Waals surface area (Å²) < 4.78 is 27.4. The molecule has 102 valence electrons. The Balaban J connectivity index is 2.24. The van der Waals surface area contributed by atoms with E-state index in [9.17, 15) is 8.42 Å². The van der Waals surface area contributed by atoms with E-state index in [0.29, 0.717) is 13.0 Å². The summed E-state index contributed by atoms with van der Waals surface area (Å²) >= 11 is 10.3. The largest absolute Gasteiger partial charge is 0.252 e. The van der Waals surface area contributed by atoms with Crippen molar-refractivity contribution >= 4 is 48.9 Å². The zero-order valence-electron chi connectivity index (χ0n) is 10.0. The van der Waals surface area contributed by atoms with Gasteiger partial charge in [0.1, 0.15) is 4.21 Å². The van der Waals surface area contributed by atoms with Crippen molar-refractivity contribution in [1.29, 1.82) is 0 Å². The molecule has 0 aliphatic heterocycles. The molecule has 18 heavy (non-hydrogen) atoms. The monoisotopic (exact) mass is 371 g/mol. The number of hydrogen-bond acceptors (Lipinski definition) is 3. The van der Waals surface area contributed by atoms with Crippen molar-refractivity contribution in [1.82, 2.24) is 4.31 Å². The third kappa shape index (κ3) is 2.93. The summed E-state index contributed by atoms with van der Waals surface area (Å²) in [7, 11) is -1.73. The van der Waals surface area contributed by atoms with Gasteiger partial charge in [0.25, 0.3) is 10.0 Å². The zero-order valence-corrected chi connectivity index (χ0v) is 14.0. The molecule has 1 saturated carbocycles. The molecule has 3 nitrogen and oxygen atoms in total. The van der Waals surface area contributed by atoms with Gasteiger partial charge in [0.05, 0.1) is 8.81 Å². The molecule has 1 heterocycles. The fourth-order valence-corrected chi connectivity index (χ4v) is 6.24. The molecule has 0 spiro atoms. The van der Waals surface area contributed by atoms with Gasteiger partial charge in [-0.2, -0.15) is 4.31 Å². The molecular formula is C11H15BrClNO2S2. The Morgan fingerprint density at radius 3 is 2.50 bits per heavy atom. The first-order chi connectivity index (χ1) is 8.43. The van der Waals surface area contributed by atoms with E-state index in [1.54, 1.807) is 7.05 Å². The van der Waals surface area contributed by atoms with Gasteiger partial charge in [0.15, 0.2) is 0 Å². The van der Waals surface area contributed by atoms with Crippen molar-refractivity contribution in [2.75, 3.05) is 7.05 Å². The van der Waals surface area contributed by atoms with E-state index < -0.39 is 10.0 Å². The molecule has 0 amide bonds. The van der Waals surface area contributed by atoms with Gasteiger partial charge in [-0.15, -0.1) is 11.3 Å². The molecule has 0 bridgehead atoms. The number of sulfonamides is 1. The van der Waals surface area contributed by atoms with Crippen LogP contribution in [-0.2, 0) is 10.0 Å². The van der Waals surface area contributed by atoms with Gasteiger partial charge in [-0.05, 0) is 34.8 Å². The van der Waals surface area contributed by atoms with Gasteiger partial charge in [0, 0.05) is 13.1 Å². The molecule has 1 fully saturated rings. The van der Waals surface area contributed by atoms with Crippen molar-refractivity contribution in [3.8, 4) is 0 Å². The van der Waals surface area contributed by atoms with Crippen LogP contribution in [-0.4, -0.2) is 25.8 Å². The van der Waals surface area contributed by atoms with Crippen LogP contribution in [0, 0.1) is 0 Å². The fraction of sp³-hybridized carbons (Fsp3) is 0.636. The number of nitrogens with zero attached hydrogens (tertiary/aromatic N) is 1. The molecule has 1 aliphatic rings. The smallest absolute Gasteiger partial charge is 0.206 e. The first-order valence-electron chi connectivity index (χ1n) is 5.86. The van der Waals surface area contributed by atoms with E-state index in [1.807, 2.05) is 0 Å². The lowest BCUT2D eigenvalue weighted by Crippen LogP contribution is -2.37. The maximum absolute atomic E-state index is 12.5. The third-order valence-electron chi connectivity index (χ3n) is 3.34. The van der Waals surface area contributed by atoms with Crippen LogP contribution in [0.5, 0.6) is 0 Å². The summed E-state index contributed by atoms with van der Waals surface area (Å²) in [6, 6.07) is 1.65. The van der Waals surface area contributed by atoms with E-state index in [-0.39, 0.29) is 6.04 Å². The molecule has 1 aromatic heterocycles. The van der Waals surface area contributed by atoms with Gasteiger partial charge in [-0.25, -0.2) is 8.42 Å². The van der Waals surface area contributed by atoms with E-state index in [2.05, 4.69) is 15.9 Å². The predicted molar refractivity (Wildman–Crippen MR) is 78.9 cm³/mol. The Hall–Kier alpha value is 0.380. The zero-order chi connectivity index (χ0) is 13.3. The second-order valence-electron chi connectivity index (χ2n) is 4.50. The highest BCUT2D eigenvalue weighted by molar-refractivity contribution is 9.11. The van der Waals surface area contributed by atoms with Crippen molar-refractivity contribution in [3.05, 3.63) is 14.9 Å². The summed E-state index contributed by atoms with van der Waals surface area (Å²) in [6.45, 7) is 0. The van der Waals surface area contributed by atoms with Gasteiger partial charge < -0.3 is 0 Å². The van der Waals surface area contributed by atoms with Crippen LogP contribution >= 0.6 is 38.9 Å². The van der Waals surface area contributed by atoms with Gasteiger partial charge in [-0.1, -0.05) is 30.9 Å². The summed E-state index contributed by atoms with van der Waals surface area (Å²) in [6.07, 6.45) is 5.34. The SMILES string of the molecule is CN(C1CCCCC1)S(=O)(=O)c1cc(Cl)c(Br)s1. The minimum Gasteiger partial charge on any atom is -0.206 e. The van der Waals surface area contributed by atoms with Crippen LogP contribution in [0.15, 0.2) is 14.1 Å². The molecule has 1 aromatic rings. The molecule has 0 aromatic carbocycles. The van der Waals surface area contributed by atoms with Gasteiger partial charge in [-0.3, -0.25) is 0 Å². The summed E-state index contributed by atoms with van der Waals surface area (Å²) in [5.74, 6) is 0. The first kappa shape index (κ1) is 14.8. The third-order valence-corrected chi connectivity index (χ3v) is 8.18. The van der Waals surface area contributed by atoms with Crippen molar-refractivity contribution in [2.24, 2.45) is 0 Å². The van der Waals surface area contributed by atoms with Crippen LogP contribution < -0.4 is 0 Å². The lowest BCUT2D eigenvalue weighted by Gasteiger charge is -2.29. The first-order valence-corrected chi connectivity index (χ1v) is 9.28. The second-order valence-corrected chi connectivity index (χ2v) is 9.50. The Bertz CT molecular complexity index is 504. The fourth-order valence-electron chi connectivity index (χ4n) is 2.24. The highest BCUT2D eigenvalue weighted by Crippen LogP contribution is 2.37. The Morgan fingerprint density at radius 1 is 1.39 bits per heavy atom. The van der Waals surface area contributed by atoms with Crippen molar-refractivity contribution in [3.63, 3.8) is 0 Å². The highest BCUT2D eigenvalue weighted by Gasteiger charge is 2.30. The summed E-state index contributed by atoms with van der Waals surface area (Å²) in [5.41, 5.74) is 0. The second kappa shape index (κ2) is 5.79. The standard InChI is InChI=1S/C11H15BrClNO2S2/c1-14(8-5-3-2-4-6-8)18(15,16)10-7-9(13)11(12)17-10/h7-8H,2-6H2,1H3. The van der Waals surface area contributed by atoms with Crippen molar-refractivity contribution < 1.29 is 8.42 Å². The number of thiophene rings is 1. The maximum Gasteiger partial charge on any atom is 0.252 e. The molecule has 1 aliphatic carbocycles. The molecule has 7 heteroatoms. The Morgan fingerprint density at radius 2 is 2.00 bits per heavy atom. The summed E-state index contributed by atoms with van der Waals surface area (Å²) in [5, 5.41) is 0.454. The van der Waals surface area contributed by atoms with E-state index >= 15 is 0 Å². The molecular weight excluding hydrogens is 358 g/mol. The Kier molecular flexibility index (Phi) is 4.75. The average Bonchev–Trinajstić information content (AvgIpc) is 2.70. The molecule has 0 N–H and O–H groups in total.